The Morgan fingerprint density at radius 3 is 2.67 bits per heavy atom. The fraction of sp³-hybridized carbons (Fsp3) is 0.158. The van der Waals surface area contributed by atoms with Crippen LogP contribution in [-0.4, -0.2) is 32.0 Å². The zero-order valence-electron chi connectivity index (χ0n) is 14.6. The molecule has 0 radical (unpaired) electrons. The Kier molecular flexibility index (Phi) is 4.61. The molecule has 0 fully saturated rings. The first-order valence-corrected chi connectivity index (χ1v) is 8.35. The van der Waals surface area contributed by atoms with Crippen LogP contribution < -0.4 is 10.1 Å². The first kappa shape index (κ1) is 16.9. The maximum atomic E-state index is 13.1. The van der Waals surface area contributed by atoms with E-state index in [0.29, 0.717) is 24.7 Å². The Morgan fingerprint density at radius 2 is 1.89 bits per heavy atom. The van der Waals surface area contributed by atoms with E-state index in [-0.39, 0.29) is 5.82 Å². The third-order valence-corrected chi connectivity index (χ3v) is 4.14. The molecule has 0 amide bonds. The molecule has 0 aromatic carbocycles. The van der Waals surface area contributed by atoms with Gasteiger partial charge in [0.25, 0.3) is 0 Å². The van der Waals surface area contributed by atoms with Gasteiger partial charge >= 0.3 is 0 Å². The first-order valence-electron chi connectivity index (χ1n) is 8.35. The van der Waals surface area contributed by atoms with Gasteiger partial charge in [0.15, 0.2) is 0 Å². The third kappa shape index (κ3) is 3.84. The smallest absolute Gasteiger partial charge is 0.222 e. The molecule has 27 heavy (non-hydrogen) atoms. The summed E-state index contributed by atoms with van der Waals surface area (Å²) in [5.41, 5.74) is 3.60. The van der Waals surface area contributed by atoms with Crippen LogP contribution in [0, 0.1) is 5.82 Å². The van der Waals surface area contributed by atoms with E-state index in [1.165, 1.54) is 12.3 Å². The fourth-order valence-corrected chi connectivity index (χ4v) is 2.79. The van der Waals surface area contributed by atoms with Crippen molar-refractivity contribution in [3.63, 3.8) is 0 Å². The van der Waals surface area contributed by atoms with E-state index in [9.17, 15) is 4.39 Å². The minimum Gasteiger partial charge on any atom is -0.495 e. The number of pyridine rings is 2. The molecule has 0 atom stereocenters. The zero-order valence-corrected chi connectivity index (χ0v) is 14.6. The number of methoxy groups -OCH3 is 1. The molecule has 4 heterocycles. The van der Waals surface area contributed by atoms with Crippen molar-refractivity contribution in [3.05, 3.63) is 71.8 Å². The summed E-state index contributed by atoms with van der Waals surface area (Å²) < 4.78 is 18.4. The second-order valence-electron chi connectivity index (χ2n) is 6.04. The van der Waals surface area contributed by atoms with Crippen molar-refractivity contribution in [1.29, 1.82) is 0 Å². The van der Waals surface area contributed by atoms with Crippen molar-refractivity contribution < 1.29 is 9.13 Å². The van der Waals surface area contributed by atoms with Gasteiger partial charge in [-0.25, -0.2) is 19.3 Å². The predicted molar refractivity (Wildman–Crippen MR) is 99.0 cm³/mol. The van der Waals surface area contributed by atoms with Crippen molar-refractivity contribution in [1.82, 2.24) is 24.9 Å². The SMILES string of the molecule is COc1cnc2[nH]cc(Cc3cnc(NCc4cncc(F)c4)nc3)c2c1. The molecule has 136 valence electrons. The number of ether oxygens (including phenoxy) is 1. The summed E-state index contributed by atoms with van der Waals surface area (Å²) in [5.74, 6) is 0.826. The van der Waals surface area contributed by atoms with Crippen molar-refractivity contribution >= 4 is 17.0 Å². The van der Waals surface area contributed by atoms with E-state index in [2.05, 4.69) is 30.2 Å². The van der Waals surface area contributed by atoms with E-state index in [4.69, 9.17) is 4.74 Å². The monoisotopic (exact) mass is 364 g/mol. The second-order valence-corrected chi connectivity index (χ2v) is 6.04. The molecule has 0 aliphatic rings. The summed E-state index contributed by atoms with van der Waals surface area (Å²) in [6, 6.07) is 3.38. The number of fused-ring (bicyclic) bond motifs is 1. The average Bonchev–Trinajstić information content (AvgIpc) is 3.09. The summed E-state index contributed by atoms with van der Waals surface area (Å²) in [6.45, 7) is 0.401. The normalized spacial score (nSPS) is 10.9. The number of hydrogen-bond donors (Lipinski definition) is 2. The highest BCUT2D eigenvalue weighted by molar-refractivity contribution is 5.81. The number of aromatic nitrogens is 5. The first-order chi connectivity index (χ1) is 13.2. The molecule has 0 aliphatic carbocycles. The van der Waals surface area contributed by atoms with Gasteiger partial charge in [-0.15, -0.1) is 0 Å². The Balaban J connectivity index is 1.45. The maximum absolute atomic E-state index is 13.1. The second kappa shape index (κ2) is 7.36. The molecule has 4 rings (SSSR count). The standard InChI is InChI=1S/C19H17FN6O/c1-27-16-4-17-14(9-22-18(17)23-11-16)2-12-6-24-19(25-7-12)26-8-13-3-15(20)10-21-5-13/h3-7,9-11H,2,8H2,1H3,(H,22,23)(H,24,25,26). The molecule has 0 saturated carbocycles. The number of halogens is 1. The molecule has 4 aromatic heterocycles. The van der Waals surface area contributed by atoms with Crippen LogP contribution in [0.2, 0.25) is 0 Å². The number of hydrogen-bond acceptors (Lipinski definition) is 6. The lowest BCUT2D eigenvalue weighted by atomic mass is 10.1. The third-order valence-electron chi connectivity index (χ3n) is 4.14. The lowest BCUT2D eigenvalue weighted by Crippen LogP contribution is -2.04. The molecule has 4 aromatic rings. The Labute approximate surface area is 154 Å². The summed E-state index contributed by atoms with van der Waals surface area (Å²) in [5, 5.41) is 4.07. The number of anilines is 1. The molecule has 0 saturated heterocycles. The number of aromatic amines is 1. The molecule has 0 spiro atoms. The molecular weight excluding hydrogens is 347 g/mol. The van der Waals surface area contributed by atoms with Crippen LogP contribution in [0.3, 0.4) is 0 Å². The average molecular weight is 364 g/mol. The topological polar surface area (TPSA) is 88.6 Å². The van der Waals surface area contributed by atoms with Crippen LogP contribution in [0.15, 0.2) is 49.3 Å². The van der Waals surface area contributed by atoms with Crippen LogP contribution in [0.5, 0.6) is 5.75 Å². The molecule has 0 aliphatic heterocycles. The van der Waals surface area contributed by atoms with Crippen LogP contribution in [-0.2, 0) is 13.0 Å². The van der Waals surface area contributed by atoms with Crippen molar-refractivity contribution in [2.45, 2.75) is 13.0 Å². The Morgan fingerprint density at radius 1 is 1.04 bits per heavy atom. The summed E-state index contributed by atoms with van der Waals surface area (Å²) in [7, 11) is 1.62. The van der Waals surface area contributed by atoms with E-state index in [1.807, 2.05) is 12.3 Å². The van der Waals surface area contributed by atoms with Crippen molar-refractivity contribution in [2.24, 2.45) is 0 Å². The van der Waals surface area contributed by atoms with Gasteiger partial charge in [-0.3, -0.25) is 4.98 Å². The lowest BCUT2D eigenvalue weighted by Gasteiger charge is -2.06. The quantitative estimate of drug-likeness (QED) is 0.547. The zero-order chi connectivity index (χ0) is 18.6. The summed E-state index contributed by atoms with van der Waals surface area (Å²) in [4.78, 5) is 20.0. The van der Waals surface area contributed by atoms with E-state index >= 15 is 0 Å². The number of nitrogens with one attached hydrogen (secondary N) is 2. The van der Waals surface area contributed by atoms with E-state index in [0.717, 1.165) is 27.7 Å². The molecule has 0 bridgehead atoms. The van der Waals surface area contributed by atoms with E-state index in [1.54, 1.807) is 31.9 Å². The van der Waals surface area contributed by atoms with Gasteiger partial charge in [-0.05, 0) is 28.8 Å². The minimum absolute atomic E-state index is 0.365. The van der Waals surface area contributed by atoms with Gasteiger partial charge in [0.2, 0.25) is 5.95 Å². The fourth-order valence-electron chi connectivity index (χ4n) is 2.79. The summed E-state index contributed by atoms with van der Waals surface area (Å²) in [6.07, 6.45) is 10.6. The van der Waals surface area contributed by atoms with Crippen LogP contribution in [0.1, 0.15) is 16.7 Å². The summed E-state index contributed by atoms with van der Waals surface area (Å²) >= 11 is 0. The van der Waals surface area contributed by atoms with Gasteiger partial charge in [0.1, 0.15) is 17.2 Å². The molecule has 7 nitrogen and oxygen atoms in total. The van der Waals surface area contributed by atoms with Crippen LogP contribution >= 0.6 is 0 Å². The highest BCUT2D eigenvalue weighted by Gasteiger charge is 2.08. The van der Waals surface area contributed by atoms with Gasteiger partial charge in [0.05, 0.1) is 19.5 Å². The van der Waals surface area contributed by atoms with Gasteiger partial charge in [0, 0.05) is 43.1 Å². The van der Waals surface area contributed by atoms with E-state index < -0.39 is 0 Å². The minimum atomic E-state index is -0.365. The number of nitrogens with zero attached hydrogens (tertiary/aromatic N) is 4. The Bertz CT molecular complexity index is 1060. The van der Waals surface area contributed by atoms with Gasteiger partial charge in [-0.1, -0.05) is 0 Å². The van der Waals surface area contributed by atoms with Crippen LogP contribution in [0.4, 0.5) is 10.3 Å². The Hall–Kier alpha value is -3.55. The number of H-pyrrole nitrogens is 1. The molecule has 8 heteroatoms. The highest BCUT2D eigenvalue weighted by Crippen LogP contribution is 2.23. The molecule has 2 N–H and O–H groups in total. The van der Waals surface area contributed by atoms with Crippen molar-refractivity contribution in [2.75, 3.05) is 12.4 Å². The highest BCUT2D eigenvalue weighted by atomic mass is 19.1. The molecule has 0 unspecified atom stereocenters. The number of rotatable bonds is 6. The van der Waals surface area contributed by atoms with Crippen molar-refractivity contribution in [3.8, 4) is 5.75 Å². The van der Waals surface area contributed by atoms with Gasteiger partial charge in [-0.2, -0.15) is 0 Å². The van der Waals surface area contributed by atoms with Crippen LogP contribution in [0.25, 0.3) is 11.0 Å². The predicted octanol–water partition coefficient (Wildman–Crippen LogP) is 3.10. The van der Waals surface area contributed by atoms with Gasteiger partial charge < -0.3 is 15.0 Å². The lowest BCUT2D eigenvalue weighted by molar-refractivity contribution is 0.413. The maximum Gasteiger partial charge on any atom is 0.222 e. The largest absolute Gasteiger partial charge is 0.495 e. The molecular formula is C19H17FN6O.